The van der Waals surface area contributed by atoms with E-state index in [-0.39, 0.29) is 18.3 Å². The molecule has 0 spiro atoms. The molecule has 0 atom stereocenters. The monoisotopic (exact) mass is 384 g/mol. The number of hydrogen-bond acceptors (Lipinski definition) is 4. The largest absolute Gasteiger partial charge is 0.493 e. The topological polar surface area (TPSA) is 51.2 Å². The van der Waals surface area contributed by atoms with Crippen LogP contribution in [0.15, 0.2) is 53.9 Å². The molecule has 1 heterocycles. The molecular weight excluding hydrogens is 363 g/mol. The fourth-order valence-electron chi connectivity index (χ4n) is 2.45. The van der Waals surface area contributed by atoms with Gasteiger partial charge >= 0.3 is 0 Å². The molecule has 0 saturated heterocycles. The molecule has 1 amide bonds. The van der Waals surface area contributed by atoms with E-state index >= 15 is 0 Å². The third kappa shape index (κ3) is 5.14. The number of halogens is 1. The van der Waals surface area contributed by atoms with Crippen LogP contribution in [0.25, 0.3) is 10.6 Å². The van der Waals surface area contributed by atoms with Gasteiger partial charge in [0.1, 0.15) is 22.3 Å². The SMILES string of the molecule is CC(C)COc1ccccc1-c1nc(C(=O)NCc2cccc(F)c2)cs1. The molecule has 0 unspecified atom stereocenters. The highest BCUT2D eigenvalue weighted by Gasteiger charge is 2.15. The van der Waals surface area contributed by atoms with Crippen molar-refractivity contribution in [2.75, 3.05) is 6.61 Å². The Kier molecular flexibility index (Phi) is 6.19. The zero-order valence-corrected chi connectivity index (χ0v) is 16.1. The third-order valence-electron chi connectivity index (χ3n) is 3.77. The fourth-order valence-corrected chi connectivity index (χ4v) is 3.28. The van der Waals surface area contributed by atoms with E-state index in [9.17, 15) is 9.18 Å². The minimum absolute atomic E-state index is 0.248. The molecular formula is C21H21FN2O2S. The van der Waals surface area contributed by atoms with E-state index < -0.39 is 0 Å². The maximum absolute atomic E-state index is 13.2. The summed E-state index contributed by atoms with van der Waals surface area (Å²) in [6, 6.07) is 13.8. The Balaban J connectivity index is 1.70. The van der Waals surface area contributed by atoms with E-state index in [0.717, 1.165) is 16.3 Å². The summed E-state index contributed by atoms with van der Waals surface area (Å²) in [5, 5.41) is 5.21. The maximum Gasteiger partial charge on any atom is 0.271 e. The molecule has 0 aliphatic carbocycles. The Bertz CT molecular complexity index is 924. The summed E-state index contributed by atoms with van der Waals surface area (Å²) in [6.45, 7) is 5.04. The lowest BCUT2D eigenvalue weighted by atomic mass is 10.2. The zero-order chi connectivity index (χ0) is 19.2. The first kappa shape index (κ1) is 19.0. The van der Waals surface area contributed by atoms with Gasteiger partial charge in [0.25, 0.3) is 5.91 Å². The Labute approximate surface area is 162 Å². The molecule has 0 saturated carbocycles. The molecule has 4 nitrogen and oxygen atoms in total. The van der Waals surface area contributed by atoms with Gasteiger partial charge in [-0.1, -0.05) is 38.1 Å². The number of nitrogens with zero attached hydrogens (tertiary/aromatic N) is 1. The Morgan fingerprint density at radius 1 is 1.22 bits per heavy atom. The normalized spacial score (nSPS) is 10.8. The highest BCUT2D eigenvalue weighted by Crippen LogP contribution is 2.32. The van der Waals surface area contributed by atoms with Gasteiger partial charge in [-0.2, -0.15) is 0 Å². The molecule has 1 aromatic heterocycles. The average Bonchev–Trinajstić information content (AvgIpc) is 3.15. The van der Waals surface area contributed by atoms with Crippen LogP contribution in [0.3, 0.4) is 0 Å². The highest BCUT2D eigenvalue weighted by molar-refractivity contribution is 7.13. The first-order valence-corrected chi connectivity index (χ1v) is 9.61. The van der Waals surface area contributed by atoms with Gasteiger partial charge in [0, 0.05) is 11.9 Å². The number of benzene rings is 2. The molecule has 1 N–H and O–H groups in total. The Hall–Kier alpha value is -2.73. The van der Waals surface area contributed by atoms with Gasteiger partial charge < -0.3 is 10.1 Å². The van der Waals surface area contributed by atoms with Crippen LogP contribution in [0.2, 0.25) is 0 Å². The predicted octanol–water partition coefficient (Wildman–Crippen LogP) is 4.91. The third-order valence-corrected chi connectivity index (χ3v) is 4.64. The van der Waals surface area contributed by atoms with E-state index in [1.54, 1.807) is 17.5 Å². The summed E-state index contributed by atoms with van der Waals surface area (Å²) in [4.78, 5) is 16.8. The van der Waals surface area contributed by atoms with Crippen molar-refractivity contribution in [1.82, 2.24) is 10.3 Å². The van der Waals surface area contributed by atoms with E-state index in [2.05, 4.69) is 24.1 Å². The van der Waals surface area contributed by atoms with Gasteiger partial charge in [-0.3, -0.25) is 4.79 Å². The van der Waals surface area contributed by atoms with Gasteiger partial charge in [0.05, 0.1) is 12.2 Å². The maximum atomic E-state index is 13.2. The van der Waals surface area contributed by atoms with Gasteiger partial charge in [-0.15, -0.1) is 11.3 Å². The number of para-hydroxylation sites is 1. The first-order chi connectivity index (χ1) is 13.0. The number of carbonyl (C=O) groups excluding carboxylic acids is 1. The van der Waals surface area contributed by atoms with Crippen molar-refractivity contribution < 1.29 is 13.9 Å². The number of hydrogen-bond donors (Lipinski definition) is 1. The summed E-state index contributed by atoms with van der Waals surface area (Å²) in [6.07, 6.45) is 0. The van der Waals surface area contributed by atoms with Crippen LogP contribution in [-0.2, 0) is 6.54 Å². The van der Waals surface area contributed by atoms with Crippen molar-refractivity contribution >= 4 is 17.2 Å². The quantitative estimate of drug-likeness (QED) is 0.629. The van der Waals surface area contributed by atoms with Crippen LogP contribution in [0.4, 0.5) is 4.39 Å². The van der Waals surface area contributed by atoms with Crippen molar-refractivity contribution in [3.63, 3.8) is 0 Å². The van der Waals surface area contributed by atoms with Crippen molar-refractivity contribution in [2.24, 2.45) is 5.92 Å². The summed E-state index contributed by atoms with van der Waals surface area (Å²) < 4.78 is 19.1. The molecule has 0 aliphatic rings. The van der Waals surface area contributed by atoms with Crippen LogP contribution in [-0.4, -0.2) is 17.5 Å². The zero-order valence-electron chi connectivity index (χ0n) is 15.2. The van der Waals surface area contributed by atoms with E-state index in [1.807, 2.05) is 24.3 Å². The number of nitrogens with one attached hydrogen (secondary N) is 1. The van der Waals surface area contributed by atoms with Crippen molar-refractivity contribution in [2.45, 2.75) is 20.4 Å². The average molecular weight is 384 g/mol. The minimum Gasteiger partial charge on any atom is -0.493 e. The summed E-state index contributed by atoms with van der Waals surface area (Å²) >= 11 is 1.39. The lowest BCUT2D eigenvalue weighted by molar-refractivity contribution is 0.0946. The molecule has 0 bridgehead atoms. The van der Waals surface area contributed by atoms with Gasteiger partial charge in [-0.05, 0) is 35.7 Å². The number of ether oxygens (including phenoxy) is 1. The van der Waals surface area contributed by atoms with Crippen LogP contribution in [0.5, 0.6) is 5.75 Å². The fraction of sp³-hybridized carbons (Fsp3) is 0.238. The molecule has 0 aliphatic heterocycles. The lowest BCUT2D eigenvalue weighted by Gasteiger charge is -2.11. The number of thiazole rings is 1. The molecule has 2 aromatic carbocycles. The van der Waals surface area contributed by atoms with Crippen LogP contribution >= 0.6 is 11.3 Å². The van der Waals surface area contributed by atoms with Crippen LogP contribution < -0.4 is 10.1 Å². The van der Waals surface area contributed by atoms with E-state index in [4.69, 9.17) is 4.74 Å². The van der Waals surface area contributed by atoms with Gasteiger partial charge in [0.15, 0.2) is 0 Å². The molecule has 3 rings (SSSR count). The predicted molar refractivity (Wildman–Crippen MR) is 105 cm³/mol. The van der Waals surface area contributed by atoms with Gasteiger partial charge in [-0.25, -0.2) is 9.37 Å². The summed E-state index contributed by atoms with van der Waals surface area (Å²) in [5.41, 5.74) is 1.91. The highest BCUT2D eigenvalue weighted by atomic mass is 32.1. The van der Waals surface area contributed by atoms with Crippen molar-refractivity contribution in [1.29, 1.82) is 0 Å². The molecule has 140 valence electrons. The molecule has 3 aromatic rings. The van der Waals surface area contributed by atoms with E-state index in [1.165, 1.54) is 23.5 Å². The smallest absolute Gasteiger partial charge is 0.271 e. The molecule has 27 heavy (non-hydrogen) atoms. The molecule has 6 heteroatoms. The second-order valence-electron chi connectivity index (χ2n) is 6.55. The second kappa shape index (κ2) is 8.77. The number of amides is 1. The minimum atomic E-state index is -0.323. The summed E-state index contributed by atoms with van der Waals surface area (Å²) in [5.74, 6) is 0.559. The molecule has 0 fully saturated rings. The van der Waals surface area contributed by atoms with Crippen molar-refractivity contribution in [3.8, 4) is 16.3 Å². The van der Waals surface area contributed by atoms with Crippen molar-refractivity contribution in [3.05, 3.63) is 71.0 Å². The standard InChI is InChI=1S/C21H21FN2O2S/c1-14(2)12-26-19-9-4-3-8-17(19)21-24-18(13-27-21)20(25)23-11-15-6-5-7-16(22)10-15/h3-10,13-14H,11-12H2,1-2H3,(H,23,25). The summed E-state index contributed by atoms with van der Waals surface area (Å²) in [7, 11) is 0. The van der Waals surface area contributed by atoms with Gasteiger partial charge in [0.2, 0.25) is 0 Å². The Morgan fingerprint density at radius 3 is 2.81 bits per heavy atom. The van der Waals surface area contributed by atoms with Crippen LogP contribution in [0.1, 0.15) is 29.9 Å². The lowest BCUT2D eigenvalue weighted by Crippen LogP contribution is -2.23. The Morgan fingerprint density at radius 2 is 2.04 bits per heavy atom. The molecule has 0 radical (unpaired) electrons. The number of carbonyl (C=O) groups is 1. The second-order valence-corrected chi connectivity index (χ2v) is 7.41. The van der Waals surface area contributed by atoms with E-state index in [0.29, 0.717) is 23.8 Å². The first-order valence-electron chi connectivity index (χ1n) is 8.73. The van der Waals surface area contributed by atoms with Crippen LogP contribution in [0, 0.1) is 11.7 Å². The number of rotatable bonds is 7. The number of aromatic nitrogens is 1.